The Morgan fingerprint density at radius 3 is 2.42 bits per heavy atom. The standard InChI is InChI=1S/C14H11F2NO2/c15-10-6-4-9(5-7-10)8-17-12-3-1-2-11(16)13(12)14(18)19/h1-7,17H,8H2,(H,18,19). The van der Waals surface area contributed by atoms with Gasteiger partial charge in [-0.1, -0.05) is 18.2 Å². The van der Waals surface area contributed by atoms with Gasteiger partial charge in [-0.2, -0.15) is 0 Å². The van der Waals surface area contributed by atoms with Gasteiger partial charge in [0.05, 0.1) is 5.69 Å². The third kappa shape index (κ3) is 3.07. The van der Waals surface area contributed by atoms with E-state index in [2.05, 4.69) is 5.32 Å². The predicted molar refractivity (Wildman–Crippen MR) is 67.1 cm³/mol. The lowest BCUT2D eigenvalue weighted by molar-refractivity contribution is 0.0693. The minimum atomic E-state index is -1.33. The van der Waals surface area contributed by atoms with E-state index >= 15 is 0 Å². The molecular formula is C14H11F2NO2. The molecule has 2 aromatic rings. The first-order valence-electron chi connectivity index (χ1n) is 5.58. The van der Waals surface area contributed by atoms with Crippen molar-refractivity contribution in [2.75, 3.05) is 5.32 Å². The Morgan fingerprint density at radius 2 is 1.79 bits per heavy atom. The van der Waals surface area contributed by atoms with E-state index in [-0.39, 0.29) is 18.0 Å². The summed E-state index contributed by atoms with van der Waals surface area (Å²) in [5, 5.41) is 11.8. The summed E-state index contributed by atoms with van der Waals surface area (Å²) in [7, 11) is 0. The Hall–Kier alpha value is -2.43. The van der Waals surface area contributed by atoms with Crippen LogP contribution in [0.4, 0.5) is 14.5 Å². The molecular weight excluding hydrogens is 252 g/mol. The van der Waals surface area contributed by atoms with Crippen molar-refractivity contribution < 1.29 is 18.7 Å². The van der Waals surface area contributed by atoms with E-state index < -0.39 is 17.3 Å². The van der Waals surface area contributed by atoms with E-state index in [4.69, 9.17) is 5.11 Å². The van der Waals surface area contributed by atoms with Crippen LogP contribution in [0.5, 0.6) is 0 Å². The Labute approximate surface area is 108 Å². The first-order valence-corrected chi connectivity index (χ1v) is 5.58. The van der Waals surface area contributed by atoms with E-state index in [1.165, 1.54) is 24.3 Å². The molecule has 0 heterocycles. The molecule has 0 spiro atoms. The second-order valence-corrected chi connectivity index (χ2v) is 3.95. The molecule has 0 bridgehead atoms. The molecule has 0 amide bonds. The number of aromatic carboxylic acids is 1. The molecule has 0 aliphatic heterocycles. The highest BCUT2D eigenvalue weighted by Crippen LogP contribution is 2.19. The van der Waals surface area contributed by atoms with Crippen molar-refractivity contribution >= 4 is 11.7 Å². The SMILES string of the molecule is O=C(O)c1c(F)cccc1NCc1ccc(F)cc1. The Balaban J connectivity index is 2.18. The van der Waals surface area contributed by atoms with Crippen molar-refractivity contribution in [2.45, 2.75) is 6.54 Å². The van der Waals surface area contributed by atoms with Crippen molar-refractivity contribution in [3.8, 4) is 0 Å². The first kappa shape index (κ1) is 13.0. The fourth-order valence-corrected chi connectivity index (χ4v) is 1.69. The molecule has 0 unspecified atom stereocenters. The number of carboxylic acids is 1. The van der Waals surface area contributed by atoms with Crippen molar-refractivity contribution in [1.82, 2.24) is 0 Å². The summed E-state index contributed by atoms with van der Waals surface area (Å²) >= 11 is 0. The van der Waals surface area contributed by atoms with Gasteiger partial charge in [0.2, 0.25) is 0 Å². The van der Waals surface area contributed by atoms with Crippen LogP contribution in [0.25, 0.3) is 0 Å². The molecule has 2 N–H and O–H groups in total. The van der Waals surface area contributed by atoms with Gasteiger partial charge in [0.1, 0.15) is 17.2 Å². The van der Waals surface area contributed by atoms with Crippen LogP contribution in [0.3, 0.4) is 0 Å². The number of benzene rings is 2. The second-order valence-electron chi connectivity index (χ2n) is 3.95. The van der Waals surface area contributed by atoms with E-state index in [1.54, 1.807) is 12.1 Å². The highest BCUT2D eigenvalue weighted by molar-refractivity contribution is 5.94. The number of nitrogens with one attached hydrogen (secondary N) is 1. The van der Waals surface area contributed by atoms with Crippen LogP contribution in [0.15, 0.2) is 42.5 Å². The monoisotopic (exact) mass is 263 g/mol. The summed E-state index contributed by atoms with van der Waals surface area (Å²) in [6.07, 6.45) is 0. The smallest absolute Gasteiger partial charge is 0.340 e. The average Bonchev–Trinajstić information content (AvgIpc) is 2.37. The summed E-state index contributed by atoms with van der Waals surface area (Å²) in [6, 6.07) is 9.75. The zero-order valence-electron chi connectivity index (χ0n) is 9.86. The maximum absolute atomic E-state index is 13.4. The lowest BCUT2D eigenvalue weighted by atomic mass is 10.1. The van der Waals surface area contributed by atoms with Gasteiger partial charge in [-0.05, 0) is 29.8 Å². The quantitative estimate of drug-likeness (QED) is 0.890. The van der Waals surface area contributed by atoms with Crippen molar-refractivity contribution in [2.24, 2.45) is 0 Å². The molecule has 5 heteroatoms. The number of carbonyl (C=O) groups is 1. The summed E-state index contributed by atoms with van der Waals surface area (Å²) in [6.45, 7) is 0.282. The molecule has 19 heavy (non-hydrogen) atoms. The zero-order valence-corrected chi connectivity index (χ0v) is 9.86. The number of carboxylic acid groups (broad SMARTS) is 1. The normalized spacial score (nSPS) is 10.2. The maximum atomic E-state index is 13.4. The maximum Gasteiger partial charge on any atom is 0.340 e. The molecule has 0 aliphatic rings. The summed E-state index contributed by atoms with van der Waals surface area (Å²) in [5.74, 6) is -2.47. The van der Waals surface area contributed by atoms with Crippen molar-refractivity contribution in [3.63, 3.8) is 0 Å². The van der Waals surface area contributed by atoms with Gasteiger partial charge in [-0.25, -0.2) is 13.6 Å². The van der Waals surface area contributed by atoms with E-state index in [1.807, 2.05) is 0 Å². The minimum absolute atomic E-state index is 0.192. The Morgan fingerprint density at radius 1 is 1.11 bits per heavy atom. The Kier molecular flexibility index (Phi) is 3.75. The number of anilines is 1. The van der Waals surface area contributed by atoms with Crippen molar-refractivity contribution in [3.05, 3.63) is 65.2 Å². The summed E-state index contributed by atoms with van der Waals surface area (Å²) < 4.78 is 26.1. The average molecular weight is 263 g/mol. The third-order valence-corrected chi connectivity index (χ3v) is 2.62. The highest BCUT2D eigenvalue weighted by atomic mass is 19.1. The van der Waals surface area contributed by atoms with E-state index in [0.717, 1.165) is 11.6 Å². The topological polar surface area (TPSA) is 49.3 Å². The number of halogens is 2. The van der Waals surface area contributed by atoms with Gasteiger partial charge < -0.3 is 10.4 Å². The van der Waals surface area contributed by atoms with E-state index in [0.29, 0.717) is 0 Å². The molecule has 0 aromatic heterocycles. The van der Waals surface area contributed by atoms with Gasteiger partial charge >= 0.3 is 5.97 Å². The largest absolute Gasteiger partial charge is 0.478 e. The number of hydrogen-bond acceptors (Lipinski definition) is 2. The number of rotatable bonds is 4. The molecule has 0 atom stereocenters. The highest BCUT2D eigenvalue weighted by Gasteiger charge is 2.15. The van der Waals surface area contributed by atoms with Gasteiger partial charge in [0, 0.05) is 6.54 Å². The van der Waals surface area contributed by atoms with Gasteiger partial charge in [0.25, 0.3) is 0 Å². The molecule has 0 saturated carbocycles. The molecule has 0 fully saturated rings. The molecule has 0 aliphatic carbocycles. The van der Waals surface area contributed by atoms with Crippen LogP contribution < -0.4 is 5.32 Å². The molecule has 2 rings (SSSR count). The lowest BCUT2D eigenvalue weighted by Gasteiger charge is -2.10. The van der Waals surface area contributed by atoms with Gasteiger partial charge in [-0.15, -0.1) is 0 Å². The van der Waals surface area contributed by atoms with Gasteiger partial charge in [0.15, 0.2) is 0 Å². The second kappa shape index (κ2) is 5.48. The van der Waals surface area contributed by atoms with Crippen LogP contribution in [0.1, 0.15) is 15.9 Å². The summed E-state index contributed by atoms with van der Waals surface area (Å²) in [5.41, 5.74) is 0.559. The van der Waals surface area contributed by atoms with Crippen LogP contribution in [0, 0.1) is 11.6 Å². The van der Waals surface area contributed by atoms with Crippen LogP contribution >= 0.6 is 0 Å². The van der Waals surface area contributed by atoms with Crippen LogP contribution in [-0.2, 0) is 6.54 Å². The fraction of sp³-hybridized carbons (Fsp3) is 0.0714. The van der Waals surface area contributed by atoms with E-state index in [9.17, 15) is 13.6 Å². The number of hydrogen-bond donors (Lipinski definition) is 2. The fourth-order valence-electron chi connectivity index (χ4n) is 1.69. The van der Waals surface area contributed by atoms with Crippen LogP contribution in [0.2, 0.25) is 0 Å². The van der Waals surface area contributed by atoms with Crippen LogP contribution in [-0.4, -0.2) is 11.1 Å². The van der Waals surface area contributed by atoms with Crippen molar-refractivity contribution in [1.29, 1.82) is 0 Å². The third-order valence-electron chi connectivity index (χ3n) is 2.62. The Bertz CT molecular complexity index is 597. The zero-order chi connectivity index (χ0) is 13.8. The molecule has 0 saturated heterocycles. The molecule has 3 nitrogen and oxygen atoms in total. The first-order chi connectivity index (χ1) is 9.08. The molecule has 2 aromatic carbocycles. The molecule has 98 valence electrons. The predicted octanol–water partition coefficient (Wildman–Crippen LogP) is 3.28. The lowest BCUT2D eigenvalue weighted by Crippen LogP contribution is -2.08. The summed E-state index contributed by atoms with van der Waals surface area (Å²) in [4.78, 5) is 11.0. The minimum Gasteiger partial charge on any atom is -0.478 e. The molecule has 0 radical (unpaired) electrons. The van der Waals surface area contributed by atoms with Gasteiger partial charge in [-0.3, -0.25) is 0 Å².